The van der Waals surface area contributed by atoms with Crippen molar-refractivity contribution in [2.75, 3.05) is 6.16 Å². The van der Waals surface area contributed by atoms with Gasteiger partial charge in [0.05, 0.1) is 0 Å². The third kappa shape index (κ3) is 1.63. The number of allylic oxidation sites excluding steroid dienone is 2. The Morgan fingerprint density at radius 3 is 2.43 bits per heavy atom. The van der Waals surface area contributed by atoms with Gasteiger partial charge in [0.25, 0.3) is 0 Å². The molecule has 1 heterocycles. The molecule has 0 amide bonds. The summed E-state index contributed by atoms with van der Waals surface area (Å²) in [4.78, 5) is 0. The van der Waals surface area contributed by atoms with E-state index in [9.17, 15) is 0 Å². The lowest BCUT2D eigenvalue weighted by molar-refractivity contribution is 1.42. The summed E-state index contributed by atoms with van der Waals surface area (Å²) in [5, 5.41) is 1.31. The van der Waals surface area contributed by atoms with Gasteiger partial charge in [-0.15, -0.1) is 0 Å². The summed E-state index contributed by atoms with van der Waals surface area (Å²) in [6.45, 7) is 6.16. The first kappa shape index (κ1) is 9.89. The van der Waals surface area contributed by atoms with Crippen LogP contribution in [0.4, 0.5) is 0 Å². The summed E-state index contributed by atoms with van der Waals surface area (Å²) in [6, 6.07) is 8.98. The zero-order chi connectivity index (χ0) is 10.2. The highest BCUT2D eigenvalue weighted by molar-refractivity contribution is 8.20. The van der Waals surface area contributed by atoms with Crippen LogP contribution in [0.3, 0.4) is 0 Å². The van der Waals surface area contributed by atoms with Crippen molar-refractivity contribution >= 4 is 23.1 Å². The number of rotatable bonds is 1. The number of hydrogen-bond acceptors (Lipinski definition) is 1. The van der Waals surface area contributed by atoms with E-state index in [0.717, 1.165) is 6.16 Å². The highest BCUT2D eigenvalue weighted by Crippen LogP contribution is 2.54. The molecule has 1 aliphatic heterocycles. The van der Waals surface area contributed by atoms with E-state index in [1.54, 1.807) is 0 Å². The molecule has 1 aliphatic rings. The van der Waals surface area contributed by atoms with Crippen LogP contribution in [0.25, 0.3) is 0 Å². The van der Waals surface area contributed by atoms with Crippen molar-refractivity contribution < 1.29 is 0 Å². The van der Waals surface area contributed by atoms with Crippen molar-refractivity contribution in [3.8, 4) is 0 Å². The van der Waals surface area contributed by atoms with Crippen LogP contribution in [0.15, 0.2) is 53.9 Å². The van der Waals surface area contributed by atoms with Gasteiger partial charge in [0.1, 0.15) is 0 Å². The first-order chi connectivity index (χ1) is 6.62. The fourth-order valence-corrected chi connectivity index (χ4v) is 5.74. The monoisotopic (exact) mass is 220 g/mol. The molecule has 1 aromatic carbocycles. The maximum atomic E-state index is 5.76. The fraction of sp³-hybridized carbons (Fsp3) is 0.167. The van der Waals surface area contributed by atoms with Gasteiger partial charge in [-0.25, -0.2) is 0 Å². The molecule has 0 saturated carbocycles. The van der Waals surface area contributed by atoms with Crippen molar-refractivity contribution in [1.82, 2.24) is 0 Å². The lowest BCUT2D eigenvalue weighted by Crippen LogP contribution is -2.02. The van der Waals surface area contributed by atoms with Gasteiger partial charge in [-0.3, -0.25) is 0 Å². The molecule has 0 aromatic heterocycles. The van der Waals surface area contributed by atoms with Crippen LogP contribution in [0.1, 0.15) is 6.92 Å². The van der Waals surface area contributed by atoms with Gasteiger partial charge in [-0.1, -0.05) is 48.7 Å². The summed E-state index contributed by atoms with van der Waals surface area (Å²) in [5.74, 6) is 2.26. The van der Waals surface area contributed by atoms with Crippen LogP contribution in [0.5, 0.6) is 0 Å². The summed E-state index contributed by atoms with van der Waals surface area (Å²) in [6.07, 6.45) is 0.984. The molecule has 0 bridgehead atoms. The Morgan fingerprint density at radius 1 is 1.29 bits per heavy atom. The van der Waals surface area contributed by atoms with E-state index in [2.05, 4.69) is 43.6 Å². The molecule has 2 rings (SSSR count). The Morgan fingerprint density at radius 2 is 1.93 bits per heavy atom. The van der Waals surface area contributed by atoms with Crippen molar-refractivity contribution in [3.05, 3.63) is 53.9 Å². The molecular weight excluding hydrogens is 207 g/mol. The first-order valence-corrected chi connectivity index (χ1v) is 7.69. The van der Waals surface area contributed by atoms with Crippen LogP contribution in [-0.4, -0.2) is 6.16 Å². The molecule has 72 valence electrons. The standard InChI is InChI=1S/C12H13PS/c1-10-8-13(14,9-11(10)2)12-6-4-3-5-7-12/h3-7,9H,1,8H2,2H3. The van der Waals surface area contributed by atoms with Crippen molar-refractivity contribution in [2.24, 2.45) is 0 Å². The third-order valence-electron chi connectivity index (χ3n) is 2.58. The maximum Gasteiger partial charge on any atom is 0.00852 e. The third-order valence-corrected chi connectivity index (χ3v) is 6.74. The van der Waals surface area contributed by atoms with Crippen LogP contribution >= 0.6 is 6.04 Å². The Kier molecular flexibility index (Phi) is 2.47. The SMILES string of the molecule is C=C1CP(=S)(c2ccccc2)C=C1C. The summed E-state index contributed by atoms with van der Waals surface area (Å²) >= 11 is 5.76. The molecular formula is C12H13PS. The second kappa shape index (κ2) is 3.49. The molecule has 0 fully saturated rings. The van der Waals surface area contributed by atoms with E-state index in [-0.39, 0.29) is 0 Å². The van der Waals surface area contributed by atoms with E-state index in [1.165, 1.54) is 16.5 Å². The second-order valence-corrected chi connectivity index (χ2v) is 8.34. The molecule has 0 radical (unpaired) electrons. The number of hydrogen-bond donors (Lipinski definition) is 0. The van der Waals surface area contributed by atoms with Gasteiger partial charge >= 0.3 is 0 Å². The van der Waals surface area contributed by atoms with E-state index in [0.29, 0.717) is 0 Å². The first-order valence-electron chi connectivity index (χ1n) is 4.64. The minimum Gasteiger partial charge on any atom is -0.0952 e. The van der Waals surface area contributed by atoms with E-state index >= 15 is 0 Å². The lowest BCUT2D eigenvalue weighted by atomic mass is 10.2. The molecule has 0 N–H and O–H groups in total. The normalized spacial score (nSPS) is 26.4. The molecule has 1 atom stereocenters. The molecule has 14 heavy (non-hydrogen) atoms. The summed E-state index contributed by atoms with van der Waals surface area (Å²) < 4.78 is 0. The molecule has 2 heteroatoms. The van der Waals surface area contributed by atoms with Crippen molar-refractivity contribution in [3.63, 3.8) is 0 Å². The van der Waals surface area contributed by atoms with E-state index < -0.39 is 6.04 Å². The Balaban J connectivity index is 2.47. The van der Waals surface area contributed by atoms with E-state index in [1.807, 2.05) is 6.07 Å². The van der Waals surface area contributed by atoms with Gasteiger partial charge in [0.2, 0.25) is 0 Å². The Bertz CT molecular complexity index is 443. The smallest absolute Gasteiger partial charge is 0.00852 e. The Labute approximate surface area is 90.4 Å². The fourth-order valence-electron chi connectivity index (χ4n) is 1.70. The zero-order valence-corrected chi connectivity index (χ0v) is 9.94. The van der Waals surface area contributed by atoms with Crippen molar-refractivity contribution in [2.45, 2.75) is 6.92 Å². The molecule has 0 saturated heterocycles. The zero-order valence-electron chi connectivity index (χ0n) is 8.23. The van der Waals surface area contributed by atoms with E-state index in [4.69, 9.17) is 11.8 Å². The predicted molar refractivity (Wildman–Crippen MR) is 68.1 cm³/mol. The maximum absolute atomic E-state index is 5.76. The minimum atomic E-state index is -1.46. The average molecular weight is 220 g/mol. The summed E-state index contributed by atoms with van der Waals surface area (Å²) in [5.41, 5.74) is 2.51. The second-order valence-electron chi connectivity index (χ2n) is 3.70. The average Bonchev–Trinajstić information content (AvgIpc) is 2.44. The van der Waals surface area contributed by atoms with Gasteiger partial charge < -0.3 is 0 Å². The highest BCUT2D eigenvalue weighted by atomic mass is 32.4. The van der Waals surface area contributed by atoms with Crippen LogP contribution < -0.4 is 5.30 Å². The van der Waals surface area contributed by atoms with Crippen LogP contribution in [0, 0.1) is 0 Å². The van der Waals surface area contributed by atoms with Crippen molar-refractivity contribution in [1.29, 1.82) is 0 Å². The minimum absolute atomic E-state index is 0.984. The summed E-state index contributed by atoms with van der Waals surface area (Å²) in [7, 11) is 0. The molecule has 0 aliphatic carbocycles. The largest absolute Gasteiger partial charge is 0.0952 e. The number of benzene rings is 1. The van der Waals surface area contributed by atoms with Gasteiger partial charge in [0, 0.05) is 12.2 Å². The van der Waals surface area contributed by atoms with Crippen LogP contribution in [-0.2, 0) is 11.8 Å². The highest BCUT2D eigenvalue weighted by Gasteiger charge is 2.24. The topological polar surface area (TPSA) is 0 Å². The lowest BCUT2D eigenvalue weighted by Gasteiger charge is -2.12. The molecule has 0 spiro atoms. The molecule has 1 aromatic rings. The van der Waals surface area contributed by atoms with Gasteiger partial charge in [-0.2, -0.15) is 0 Å². The quantitative estimate of drug-likeness (QED) is 0.654. The Hall–Kier alpha value is -0.650. The molecule has 0 nitrogen and oxygen atoms in total. The van der Waals surface area contributed by atoms with Gasteiger partial charge in [0.15, 0.2) is 0 Å². The predicted octanol–water partition coefficient (Wildman–Crippen LogP) is 3.27. The molecule has 1 unspecified atom stereocenters. The van der Waals surface area contributed by atoms with Gasteiger partial charge in [-0.05, 0) is 29.2 Å². The van der Waals surface area contributed by atoms with Crippen LogP contribution in [0.2, 0.25) is 0 Å².